The van der Waals surface area contributed by atoms with Gasteiger partial charge in [-0.05, 0) is 56.8 Å². The van der Waals surface area contributed by atoms with Crippen LogP contribution in [0.15, 0.2) is 53.9 Å². The largest absolute Gasteiger partial charge is 0.320 e. The van der Waals surface area contributed by atoms with E-state index in [1.165, 1.54) is 37.8 Å². The Hall–Kier alpha value is -2.50. The van der Waals surface area contributed by atoms with Gasteiger partial charge in [-0.2, -0.15) is 0 Å². The molecule has 186 valence electrons. The Labute approximate surface area is 214 Å². The molecule has 3 aromatic rings. The molecule has 0 bridgehead atoms. The van der Waals surface area contributed by atoms with E-state index in [-0.39, 0.29) is 5.91 Å². The van der Waals surface area contributed by atoms with Crippen molar-refractivity contribution in [3.05, 3.63) is 70.2 Å². The monoisotopic (exact) mass is 489 g/mol. The van der Waals surface area contributed by atoms with Gasteiger partial charge in [-0.3, -0.25) is 4.79 Å². The van der Waals surface area contributed by atoms with Crippen LogP contribution >= 0.6 is 11.3 Å². The maximum atomic E-state index is 13.1. The molecule has 0 saturated carbocycles. The first-order valence-corrected chi connectivity index (χ1v) is 14.1. The molecule has 1 fully saturated rings. The second-order valence-corrected chi connectivity index (χ2v) is 10.8. The number of unbranched alkanes of at least 4 members (excludes halogenated alkanes) is 1. The van der Waals surface area contributed by atoms with Crippen LogP contribution in [-0.2, 0) is 0 Å². The van der Waals surface area contributed by atoms with Crippen LogP contribution in [0.2, 0.25) is 0 Å². The molecular formula is C30H39N3OS. The zero-order chi connectivity index (χ0) is 24.6. The van der Waals surface area contributed by atoms with Crippen LogP contribution in [0.25, 0.3) is 11.1 Å². The van der Waals surface area contributed by atoms with Crippen molar-refractivity contribution in [3.8, 4) is 11.1 Å². The second-order valence-electron chi connectivity index (χ2n) is 9.93. The number of benzene rings is 2. The number of amides is 1. The van der Waals surface area contributed by atoms with E-state index in [4.69, 9.17) is 4.98 Å². The Kier molecular flexibility index (Phi) is 9.11. The van der Waals surface area contributed by atoms with Gasteiger partial charge in [0.15, 0.2) is 0 Å². The molecule has 1 unspecified atom stereocenters. The number of nitrogens with one attached hydrogen (secondary N) is 1. The molecule has 2 aromatic carbocycles. The second kappa shape index (κ2) is 12.5. The van der Waals surface area contributed by atoms with E-state index < -0.39 is 0 Å². The summed E-state index contributed by atoms with van der Waals surface area (Å²) in [5.41, 5.74) is 4.68. The Balaban J connectivity index is 1.35. The third-order valence-electron chi connectivity index (χ3n) is 7.29. The number of aryl methyl sites for hydroxylation is 1. The van der Waals surface area contributed by atoms with Gasteiger partial charge in [0, 0.05) is 29.1 Å². The van der Waals surface area contributed by atoms with Crippen LogP contribution in [0.3, 0.4) is 0 Å². The number of likely N-dealkylation sites (tertiary alicyclic amines) is 1. The van der Waals surface area contributed by atoms with Gasteiger partial charge in [0.25, 0.3) is 5.91 Å². The van der Waals surface area contributed by atoms with Crippen molar-refractivity contribution in [1.29, 1.82) is 0 Å². The fourth-order valence-electron chi connectivity index (χ4n) is 4.99. The van der Waals surface area contributed by atoms with Gasteiger partial charge in [-0.25, -0.2) is 4.98 Å². The van der Waals surface area contributed by atoms with E-state index in [1.54, 1.807) is 11.3 Å². The first-order valence-electron chi connectivity index (χ1n) is 13.2. The highest BCUT2D eigenvalue weighted by Crippen LogP contribution is 2.32. The summed E-state index contributed by atoms with van der Waals surface area (Å²) < 4.78 is 0. The van der Waals surface area contributed by atoms with Gasteiger partial charge in [-0.15, -0.1) is 11.3 Å². The highest BCUT2D eigenvalue weighted by atomic mass is 32.1. The Bertz CT molecular complexity index is 1080. The molecule has 0 spiro atoms. The molecule has 0 radical (unpaired) electrons. The highest BCUT2D eigenvalue weighted by molar-refractivity contribution is 7.10. The average molecular weight is 490 g/mol. The standard InChI is InChI=1S/C30H39N3OS/c1-4-6-9-23(5-2)20-33-18-16-25(17-19-33)30-32-28(21-35-30)29(34)31-27-11-8-7-10-26(27)24-14-12-22(3)13-15-24/h7-8,10-15,21,23,25H,4-6,9,16-20H2,1-3H3,(H,31,34). The molecule has 0 aliphatic carbocycles. The SMILES string of the molecule is CCCCC(CC)CN1CCC(c2nc(C(=O)Nc3ccccc3-c3ccc(C)cc3)cs2)CC1. The third kappa shape index (κ3) is 6.80. The lowest BCUT2D eigenvalue weighted by atomic mass is 9.94. The fourth-order valence-corrected chi connectivity index (χ4v) is 5.96. The van der Waals surface area contributed by atoms with Crippen LogP contribution < -0.4 is 5.32 Å². The molecule has 35 heavy (non-hydrogen) atoms. The normalized spacial score (nSPS) is 15.7. The first-order chi connectivity index (χ1) is 17.1. The Morgan fingerprint density at radius 1 is 1.11 bits per heavy atom. The number of rotatable bonds is 10. The van der Waals surface area contributed by atoms with E-state index in [2.05, 4.69) is 55.3 Å². The van der Waals surface area contributed by atoms with Crippen LogP contribution in [0.4, 0.5) is 5.69 Å². The number of carbonyl (C=O) groups excluding carboxylic acids is 1. The number of para-hydroxylation sites is 1. The molecule has 2 heterocycles. The number of hydrogen-bond donors (Lipinski definition) is 1. The van der Waals surface area contributed by atoms with Crippen molar-refractivity contribution < 1.29 is 4.79 Å². The van der Waals surface area contributed by atoms with Gasteiger partial charge in [0.2, 0.25) is 0 Å². The van der Waals surface area contributed by atoms with Gasteiger partial charge < -0.3 is 10.2 Å². The lowest BCUT2D eigenvalue weighted by molar-refractivity contribution is 0.102. The summed E-state index contributed by atoms with van der Waals surface area (Å²) >= 11 is 1.64. The van der Waals surface area contributed by atoms with Crippen LogP contribution in [0, 0.1) is 12.8 Å². The zero-order valence-corrected chi connectivity index (χ0v) is 22.2. The zero-order valence-electron chi connectivity index (χ0n) is 21.4. The lowest BCUT2D eigenvalue weighted by Crippen LogP contribution is -2.36. The summed E-state index contributed by atoms with van der Waals surface area (Å²) in [6, 6.07) is 16.4. The molecule has 1 aliphatic heterocycles. The number of piperidine rings is 1. The summed E-state index contributed by atoms with van der Waals surface area (Å²) in [4.78, 5) is 20.5. The molecule has 5 heteroatoms. The van der Waals surface area contributed by atoms with Gasteiger partial charge >= 0.3 is 0 Å². The Morgan fingerprint density at radius 3 is 2.57 bits per heavy atom. The van der Waals surface area contributed by atoms with Crippen molar-refractivity contribution in [1.82, 2.24) is 9.88 Å². The van der Waals surface area contributed by atoms with Gasteiger partial charge in [0.1, 0.15) is 5.69 Å². The predicted molar refractivity (Wildman–Crippen MR) is 148 cm³/mol. The van der Waals surface area contributed by atoms with Crippen molar-refractivity contribution in [3.63, 3.8) is 0 Å². The average Bonchev–Trinajstić information content (AvgIpc) is 3.38. The number of anilines is 1. The lowest BCUT2D eigenvalue weighted by Gasteiger charge is -2.33. The highest BCUT2D eigenvalue weighted by Gasteiger charge is 2.25. The summed E-state index contributed by atoms with van der Waals surface area (Å²) in [5, 5.41) is 6.14. The van der Waals surface area contributed by atoms with Crippen LogP contribution in [-0.4, -0.2) is 35.4 Å². The van der Waals surface area contributed by atoms with Crippen molar-refractivity contribution >= 4 is 22.9 Å². The Morgan fingerprint density at radius 2 is 1.86 bits per heavy atom. The number of thiazole rings is 1. The smallest absolute Gasteiger partial charge is 0.275 e. The topological polar surface area (TPSA) is 45.2 Å². The summed E-state index contributed by atoms with van der Waals surface area (Å²) in [7, 11) is 0. The van der Waals surface area contributed by atoms with E-state index in [0.717, 1.165) is 53.7 Å². The van der Waals surface area contributed by atoms with Crippen molar-refractivity contribution in [2.24, 2.45) is 5.92 Å². The van der Waals surface area contributed by atoms with Crippen molar-refractivity contribution in [2.45, 2.75) is 65.2 Å². The molecule has 1 amide bonds. The fraction of sp³-hybridized carbons (Fsp3) is 0.467. The van der Waals surface area contributed by atoms with E-state index in [1.807, 2.05) is 29.6 Å². The number of hydrogen-bond acceptors (Lipinski definition) is 4. The number of nitrogens with zero attached hydrogens (tertiary/aromatic N) is 2. The van der Waals surface area contributed by atoms with E-state index in [0.29, 0.717) is 11.6 Å². The quantitative estimate of drug-likeness (QED) is 0.316. The van der Waals surface area contributed by atoms with Crippen LogP contribution in [0.5, 0.6) is 0 Å². The molecule has 1 N–H and O–H groups in total. The minimum absolute atomic E-state index is 0.133. The molecule has 1 aromatic heterocycles. The van der Waals surface area contributed by atoms with Crippen molar-refractivity contribution in [2.75, 3.05) is 25.0 Å². The molecule has 4 nitrogen and oxygen atoms in total. The predicted octanol–water partition coefficient (Wildman–Crippen LogP) is 7.77. The molecule has 4 rings (SSSR count). The molecule has 1 saturated heterocycles. The summed E-state index contributed by atoms with van der Waals surface area (Å²) in [5.74, 6) is 1.16. The van der Waals surface area contributed by atoms with Crippen LogP contribution in [0.1, 0.15) is 79.3 Å². The minimum atomic E-state index is -0.133. The van der Waals surface area contributed by atoms with E-state index >= 15 is 0 Å². The van der Waals surface area contributed by atoms with Gasteiger partial charge in [0.05, 0.1) is 5.01 Å². The molecule has 1 aliphatic rings. The molecular weight excluding hydrogens is 450 g/mol. The summed E-state index contributed by atoms with van der Waals surface area (Å²) in [6.45, 7) is 10.2. The van der Waals surface area contributed by atoms with E-state index in [9.17, 15) is 4.79 Å². The maximum Gasteiger partial charge on any atom is 0.275 e. The molecule has 1 atom stereocenters. The third-order valence-corrected chi connectivity index (χ3v) is 8.30. The van der Waals surface area contributed by atoms with Gasteiger partial charge in [-0.1, -0.05) is 81.1 Å². The first kappa shape index (κ1) is 25.6. The minimum Gasteiger partial charge on any atom is -0.320 e. The summed E-state index contributed by atoms with van der Waals surface area (Å²) in [6.07, 6.45) is 7.53. The number of aromatic nitrogens is 1. The number of carbonyl (C=O) groups is 1. The maximum absolute atomic E-state index is 13.1.